The molecule has 150 valence electrons. The topological polar surface area (TPSA) is 81.6 Å². The van der Waals surface area contributed by atoms with Crippen LogP contribution in [0, 0.1) is 0 Å². The fraction of sp³-hybridized carbons (Fsp3) is 0.500. The Bertz CT molecular complexity index is 1000. The zero-order valence-corrected chi connectivity index (χ0v) is 15.4. The van der Waals surface area contributed by atoms with E-state index in [9.17, 15) is 13.2 Å². The maximum Gasteiger partial charge on any atom is 0.401 e. The number of halogens is 3. The number of nitrogen functional groups attached to an aromatic ring is 1. The Kier molecular flexibility index (Phi) is 4.74. The molecule has 1 aliphatic rings. The van der Waals surface area contributed by atoms with Gasteiger partial charge in [-0.3, -0.25) is 4.90 Å². The van der Waals surface area contributed by atoms with Crippen LogP contribution in [0.3, 0.4) is 0 Å². The Morgan fingerprint density at radius 2 is 2.07 bits per heavy atom. The highest BCUT2D eigenvalue weighted by atomic mass is 19.4. The predicted molar refractivity (Wildman–Crippen MR) is 98.3 cm³/mol. The largest absolute Gasteiger partial charge is 0.494 e. The van der Waals surface area contributed by atoms with Gasteiger partial charge in [0, 0.05) is 17.8 Å². The van der Waals surface area contributed by atoms with Gasteiger partial charge in [-0.05, 0) is 31.5 Å². The predicted octanol–water partition coefficient (Wildman–Crippen LogP) is 3.00. The summed E-state index contributed by atoms with van der Waals surface area (Å²) >= 11 is 0. The molecule has 4 rings (SSSR count). The molecule has 2 aromatic heterocycles. The van der Waals surface area contributed by atoms with E-state index in [1.807, 2.05) is 12.1 Å². The van der Waals surface area contributed by atoms with Crippen LogP contribution < -0.4 is 10.5 Å². The molecular formula is C18H21F3N6O. The first-order valence-corrected chi connectivity index (χ1v) is 9.13. The lowest BCUT2D eigenvalue weighted by atomic mass is 10.0. The second-order valence-electron chi connectivity index (χ2n) is 7.07. The van der Waals surface area contributed by atoms with E-state index < -0.39 is 12.7 Å². The molecule has 0 bridgehead atoms. The highest BCUT2D eigenvalue weighted by Crippen LogP contribution is 2.31. The van der Waals surface area contributed by atoms with Crippen LogP contribution in [0.25, 0.3) is 16.6 Å². The summed E-state index contributed by atoms with van der Waals surface area (Å²) in [5.74, 6) is 1.04. The Balaban J connectivity index is 1.74. The minimum absolute atomic E-state index is 0.159. The van der Waals surface area contributed by atoms with E-state index in [0.29, 0.717) is 29.3 Å². The van der Waals surface area contributed by atoms with Crippen molar-refractivity contribution in [3.63, 3.8) is 0 Å². The number of para-hydroxylation sites is 1. The lowest BCUT2D eigenvalue weighted by molar-refractivity contribution is -0.146. The number of likely N-dealkylation sites (tertiary alicyclic amines) is 1. The van der Waals surface area contributed by atoms with Crippen molar-refractivity contribution >= 4 is 22.5 Å². The SMILES string of the molecule is COc1cccc2c1nc(N)n1nc([C@H]3CCCCN(CC(F)(F)F)C3)nc21. The van der Waals surface area contributed by atoms with E-state index in [4.69, 9.17) is 10.5 Å². The van der Waals surface area contributed by atoms with E-state index in [1.54, 1.807) is 13.2 Å². The van der Waals surface area contributed by atoms with Gasteiger partial charge in [0.2, 0.25) is 5.95 Å². The number of ether oxygens (including phenoxy) is 1. The number of rotatable bonds is 3. The summed E-state index contributed by atoms with van der Waals surface area (Å²) in [6.07, 6.45) is -1.93. The molecule has 1 atom stereocenters. The molecule has 0 amide bonds. The summed E-state index contributed by atoms with van der Waals surface area (Å²) in [6, 6.07) is 5.45. The number of nitrogens with two attached hydrogens (primary N) is 1. The molecule has 2 N–H and O–H groups in total. The lowest BCUT2D eigenvalue weighted by Gasteiger charge is -2.23. The number of hydrogen-bond donors (Lipinski definition) is 1. The van der Waals surface area contributed by atoms with E-state index in [0.717, 1.165) is 24.6 Å². The van der Waals surface area contributed by atoms with E-state index >= 15 is 0 Å². The third-order valence-corrected chi connectivity index (χ3v) is 5.05. The van der Waals surface area contributed by atoms with Crippen LogP contribution in [0.4, 0.5) is 19.1 Å². The molecule has 3 aromatic rings. The monoisotopic (exact) mass is 394 g/mol. The molecule has 7 nitrogen and oxygen atoms in total. The number of anilines is 1. The number of methoxy groups -OCH3 is 1. The van der Waals surface area contributed by atoms with Crippen LogP contribution in [-0.4, -0.2) is 57.4 Å². The first-order valence-electron chi connectivity index (χ1n) is 9.13. The van der Waals surface area contributed by atoms with Gasteiger partial charge < -0.3 is 10.5 Å². The van der Waals surface area contributed by atoms with Gasteiger partial charge in [0.05, 0.1) is 13.7 Å². The minimum atomic E-state index is -4.22. The summed E-state index contributed by atoms with van der Waals surface area (Å²) in [5, 5.41) is 5.21. The summed E-state index contributed by atoms with van der Waals surface area (Å²) in [6.45, 7) is -0.223. The van der Waals surface area contributed by atoms with Crippen molar-refractivity contribution in [3.05, 3.63) is 24.0 Å². The van der Waals surface area contributed by atoms with Gasteiger partial charge >= 0.3 is 6.18 Å². The second-order valence-corrected chi connectivity index (χ2v) is 7.07. The highest BCUT2D eigenvalue weighted by molar-refractivity contribution is 5.95. The van der Waals surface area contributed by atoms with Crippen molar-refractivity contribution in [1.29, 1.82) is 0 Å². The number of nitrogens with zero attached hydrogens (tertiary/aromatic N) is 5. The Hall–Kier alpha value is -2.62. The number of aromatic nitrogens is 4. The average molecular weight is 394 g/mol. The number of fused-ring (bicyclic) bond motifs is 3. The number of alkyl halides is 3. The zero-order valence-electron chi connectivity index (χ0n) is 15.4. The maximum absolute atomic E-state index is 12.9. The Morgan fingerprint density at radius 1 is 1.25 bits per heavy atom. The third kappa shape index (κ3) is 3.56. The number of hydrogen-bond acceptors (Lipinski definition) is 6. The van der Waals surface area contributed by atoms with Crippen molar-refractivity contribution in [2.75, 3.05) is 32.5 Å². The number of benzene rings is 1. The molecule has 0 aliphatic carbocycles. The van der Waals surface area contributed by atoms with Crippen LogP contribution >= 0.6 is 0 Å². The first-order chi connectivity index (χ1) is 13.4. The van der Waals surface area contributed by atoms with Gasteiger partial charge in [-0.2, -0.15) is 17.7 Å². The third-order valence-electron chi connectivity index (χ3n) is 5.05. The molecule has 0 saturated carbocycles. The van der Waals surface area contributed by atoms with Crippen LogP contribution in [0.5, 0.6) is 5.75 Å². The maximum atomic E-state index is 12.9. The summed E-state index contributed by atoms with van der Waals surface area (Å²) in [4.78, 5) is 10.4. The molecule has 1 aliphatic heterocycles. The molecule has 0 spiro atoms. The first kappa shape index (κ1) is 18.7. The summed E-state index contributed by atoms with van der Waals surface area (Å²) < 4.78 is 45.4. The van der Waals surface area contributed by atoms with Gasteiger partial charge in [-0.1, -0.05) is 12.5 Å². The van der Waals surface area contributed by atoms with Crippen molar-refractivity contribution < 1.29 is 17.9 Å². The van der Waals surface area contributed by atoms with Crippen LogP contribution in [-0.2, 0) is 0 Å². The van der Waals surface area contributed by atoms with Crippen molar-refractivity contribution in [1.82, 2.24) is 24.5 Å². The standard InChI is InChI=1S/C18H21F3N6O/c1-28-13-7-4-6-12-14(13)23-17(22)27-16(12)24-15(25-27)11-5-2-3-8-26(9-11)10-18(19,20)21/h4,6-7,11H,2-3,5,8-10H2,1H3,(H2,22,23)/t11-/m0/s1. The van der Waals surface area contributed by atoms with Gasteiger partial charge in [0.15, 0.2) is 11.5 Å². The normalized spacial score (nSPS) is 19.2. The molecule has 1 fully saturated rings. The molecule has 3 heterocycles. The summed E-state index contributed by atoms with van der Waals surface area (Å²) in [5.41, 5.74) is 7.17. The molecular weight excluding hydrogens is 373 g/mol. The van der Waals surface area contributed by atoms with Gasteiger partial charge in [-0.25, -0.2) is 9.97 Å². The minimum Gasteiger partial charge on any atom is -0.494 e. The van der Waals surface area contributed by atoms with E-state index in [2.05, 4.69) is 15.1 Å². The fourth-order valence-electron chi connectivity index (χ4n) is 3.81. The molecule has 10 heteroatoms. The highest BCUT2D eigenvalue weighted by Gasteiger charge is 2.33. The van der Waals surface area contributed by atoms with Gasteiger partial charge in [0.25, 0.3) is 0 Å². The average Bonchev–Trinajstić information content (AvgIpc) is 2.97. The van der Waals surface area contributed by atoms with E-state index in [-0.39, 0.29) is 18.4 Å². The van der Waals surface area contributed by atoms with Gasteiger partial charge in [-0.15, -0.1) is 5.10 Å². The molecule has 0 unspecified atom stereocenters. The lowest BCUT2D eigenvalue weighted by Crippen LogP contribution is -2.36. The fourth-order valence-corrected chi connectivity index (χ4v) is 3.81. The van der Waals surface area contributed by atoms with Crippen LogP contribution in [0.1, 0.15) is 31.0 Å². The van der Waals surface area contributed by atoms with Crippen molar-refractivity contribution in [2.24, 2.45) is 0 Å². The molecule has 1 aromatic carbocycles. The van der Waals surface area contributed by atoms with Crippen molar-refractivity contribution in [2.45, 2.75) is 31.4 Å². The quantitative estimate of drug-likeness (QED) is 0.736. The van der Waals surface area contributed by atoms with Crippen LogP contribution in [0.2, 0.25) is 0 Å². The van der Waals surface area contributed by atoms with E-state index in [1.165, 1.54) is 9.42 Å². The second kappa shape index (κ2) is 7.08. The smallest absolute Gasteiger partial charge is 0.401 e. The van der Waals surface area contributed by atoms with Crippen LogP contribution in [0.15, 0.2) is 18.2 Å². The van der Waals surface area contributed by atoms with Crippen molar-refractivity contribution in [3.8, 4) is 5.75 Å². The zero-order chi connectivity index (χ0) is 19.9. The Morgan fingerprint density at radius 3 is 2.82 bits per heavy atom. The molecule has 0 radical (unpaired) electrons. The summed E-state index contributed by atoms with van der Waals surface area (Å²) in [7, 11) is 1.55. The Labute approximate surface area is 159 Å². The van der Waals surface area contributed by atoms with Gasteiger partial charge in [0.1, 0.15) is 11.3 Å². The molecule has 1 saturated heterocycles. The molecule has 28 heavy (non-hydrogen) atoms.